The highest BCUT2D eigenvalue weighted by Crippen LogP contribution is 2.36. The number of carbonyl (C=O) groups is 2. The van der Waals surface area contributed by atoms with Gasteiger partial charge in [-0.2, -0.15) is 13.2 Å². The largest absolute Gasteiger partial charge is 0.486 e. The summed E-state index contributed by atoms with van der Waals surface area (Å²) >= 11 is 2.34. The van der Waals surface area contributed by atoms with Crippen LogP contribution in [0.15, 0.2) is 65.1 Å². The number of ether oxygens (including phenoxy) is 2. The van der Waals surface area contributed by atoms with E-state index in [1.54, 1.807) is 23.9 Å². The molecule has 8 nitrogen and oxygen atoms in total. The first kappa shape index (κ1) is 28.2. The minimum absolute atomic E-state index is 0.0265. The monoisotopic (exact) mass is 576 g/mol. The molecule has 0 spiro atoms. The van der Waals surface area contributed by atoms with Crippen molar-refractivity contribution in [3.8, 4) is 16.9 Å². The second-order valence-electron chi connectivity index (χ2n) is 8.05. The van der Waals surface area contributed by atoms with Gasteiger partial charge in [0.25, 0.3) is 0 Å². The number of thioether (sulfide) groups is 1. The van der Waals surface area contributed by atoms with E-state index in [1.165, 1.54) is 23.5 Å². The van der Waals surface area contributed by atoms with Crippen LogP contribution >= 0.6 is 23.1 Å². The van der Waals surface area contributed by atoms with E-state index in [9.17, 15) is 22.8 Å². The van der Waals surface area contributed by atoms with Gasteiger partial charge in [0.15, 0.2) is 11.0 Å². The highest BCUT2D eigenvalue weighted by Gasteiger charge is 2.30. The Kier molecular flexibility index (Phi) is 8.92. The van der Waals surface area contributed by atoms with Gasteiger partial charge in [0.1, 0.15) is 22.9 Å². The summed E-state index contributed by atoms with van der Waals surface area (Å²) in [7, 11) is 1.66. The van der Waals surface area contributed by atoms with Crippen molar-refractivity contribution >= 4 is 40.0 Å². The van der Waals surface area contributed by atoms with E-state index in [0.29, 0.717) is 27.1 Å². The van der Waals surface area contributed by atoms with Crippen molar-refractivity contribution in [1.29, 1.82) is 0 Å². The average molecular weight is 577 g/mol. The predicted molar refractivity (Wildman–Crippen MR) is 142 cm³/mol. The predicted octanol–water partition coefficient (Wildman–Crippen LogP) is 6.05. The molecule has 0 aliphatic carbocycles. The number of benzene rings is 2. The summed E-state index contributed by atoms with van der Waals surface area (Å²) in [5.74, 6) is -0.507. The fourth-order valence-corrected chi connectivity index (χ4v) is 5.19. The third kappa shape index (κ3) is 6.98. The van der Waals surface area contributed by atoms with Crippen molar-refractivity contribution in [2.75, 3.05) is 17.7 Å². The number of esters is 1. The standard InChI is InChI=1S/C26H23F3N4O4S2/c1-3-36-24(35)22-19(16-8-5-4-6-9-16)14-38-23(22)30-21(34)15-39-25-32-31-20(33(25)2)13-37-18-11-7-10-17(12-18)26(27,28)29/h4-12,14H,3,13,15H2,1-2H3,(H,30,34). The molecule has 1 amide bonds. The Balaban J connectivity index is 1.39. The molecule has 2 aromatic heterocycles. The molecule has 2 aromatic carbocycles. The molecule has 0 saturated heterocycles. The molecule has 39 heavy (non-hydrogen) atoms. The van der Waals surface area contributed by atoms with Crippen LogP contribution in [0.2, 0.25) is 0 Å². The van der Waals surface area contributed by atoms with Crippen LogP contribution in [0.4, 0.5) is 18.2 Å². The number of aromatic nitrogens is 3. The van der Waals surface area contributed by atoms with Crippen LogP contribution in [0, 0.1) is 0 Å². The molecule has 4 rings (SSSR count). The molecular formula is C26H23F3N4O4S2. The van der Waals surface area contributed by atoms with E-state index >= 15 is 0 Å². The molecule has 0 saturated carbocycles. The summed E-state index contributed by atoms with van der Waals surface area (Å²) < 4.78 is 51.0. The van der Waals surface area contributed by atoms with Gasteiger partial charge in [-0.1, -0.05) is 48.2 Å². The zero-order valence-corrected chi connectivity index (χ0v) is 22.5. The molecule has 0 aliphatic heterocycles. The molecule has 0 radical (unpaired) electrons. The minimum Gasteiger partial charge on any atom is -0.486 e. The van der Waals surface area contributed by atoms with E-state index in [-0.39, 0.29) is 30.6 Å². The number of halogens is 3. The summed E-state index contributed by atoms with van der Waals surface area (Å²) in [6.07, 6.45) is -4.47. The number of rotatable bonds is 10. The lowest BCUT2D eigenvalue weighted by Gasteiger charge is -2.10. The molecule has 4 aromatic rings. The number of anilines is 1. The van der Waals surface area contributed by atoms with Crippen LogP contribution in [0.5, 0.6) is 5.75 Å². The van der Waals surface area contributed by atoms with E-state index < -0.39 is 17.7 Å². The van der Waals surface area contributed by atoms with E-state index in [0.717, 1.165) is 29.5 Å². The van der Waals surface area contributed by atoms with Crippen molar-refractivity contribution in [1.82, 2.24) is 14.8 Å². The SMILES string of the molecule is CCOC(=O)c1c(-c2ccccc2)csc1NC(=O)CSc1nnc(COc2cccc(C(F)(F)F)c2)n1C. The van der Waals surface area contributed by atoms with Gasteiger partial charge in [0, 0.05) is 18.0 Å². The molecular weight excluding hydrogens is 553 g/mol. The number of carbonyl (C=O) groups excluding carboxylic acids is 2. The molecule has 204 valence electrons. The molecule has 2 heterocycles. The van der Waals surface area contributed by atoms with Crippen LogP contribution < -0.4 is 10.1 Å². The van der Waals surface area contributed by atoms with Crippen molar-refractivity contribution < 1.29 is 32.2 Å². The van der Waals surface area contributed by atoms with Gasteiger partial charge in [-0.05, 0) is 30.7 Å². The van der Waals surface area contributed by atoms with Gasteiger partial charge in [0.05, 0.1) is 17.9 Å². The maximum absolute atomic E-state index is 12.9. The van der Waals surface area contributed by atoms with E-state index in [1.807, 2.05) is 30.3 Å². The highest BCUT2D eigenvalue weighted by molar-refractivity contribution is 7.99. The second kappa shape index (κ2) is 12.3. The third-order valence-electron chi connectivity index (χ3n) is 5.40. The number of alkyl halides is 3. The lowest BCUT2D eigenvalue weighted by molar-refractivity contribution is -0.137. The fraction of sp³-hybridized carbons (Fsp3) is 0.231. The maximum Gasteiger partial charge on any atom is 0.416 e. The minimum atomic E-state index is -4.47. The third-order valence-corrected chi connectivity index (χ3v) is 7.31. The molecule has 0 fully saturated rings. The first-order valence-electron chi connectivity index (χ1n) is 11.6. The smallest absolute Gasteiger partial charge is 0.416 e. The first-order valence-corrected chi connectivity index (χ1v) is 13.5. The Bertz CT molecular complexity index is 1460. The molecule has 0 atom stereocenters. The van der Waals surface area contributed by atoms with E-state index in [2.05, 4.69) is 15.5 Å². The average Bonchev–Trinajstić information content (AvgIpc) is 3.49. The zero-order chi connectivity index (χ0) is 28.0. The molecule has 0 aliphatic rings. The van der Waals surface area contributed by atoms with Crippen molar-refractivity contribution in [3.05, 3.63) is 76.9 Å². The number of thiophene rings is 1. The maximum atomic E-state index is 12.9. The summed E-state index contributed by atoms with van der Waals surface area (Å²) in [5.41, 5.74) is 0.971. The molecule has 0 bridgehead atoms. The lowest BCUT2D eigenvalue weighted by Crippen LogP contribution is -2.16. The molecule has 0 unspecified atom stereocenters. The number of amides is 1. The van der Waals surface area contributed by atoms with Crippen molar-refractivity contribution in [3.63, 3.8) is 0 Å². The summed E-state index contributed by atoms with van der Waals surface area (Å²) in [6, 6.07) is 13.9. The van der Waals surface area contributed by atoms with Gasteiger partial charge in [-0.15, -0.1) is 21.5 Å². The number of nitrogens with zero attached hydrogens (tertiary/aromatic N) is 3. The Morgan fingerprint density at radius 1 is 1.10 bits per heavy atom. The van der Waals surface area contributed by atoms with Gasteiger partial charge >= 0.3 is 12.1 Å². The summed E-state index contributed by atoms with van der Waals surface area (Å²) in [4.78, 5) is 25.5. The normalized spacial score (nSPS) is 11.3. The zero-order valence-electron chi connectivity index (χ0n) is 20.8. The topological polar surface area (TPSA) is 95.3 Å². The second-order valence-corrected chi connectivity index (χ2v) is 9.87. The van der Waals surface area contributed by atoms with Crippen LogP contribution in [0.3, 0.4) is 0 Å². The van der Waals surface area contributed by atoms with Crippen LogP contribution in [0.1, 0.15) is 28.7 Å². The molecule has 1 N–H and O–H groups in total. The molecule has 13 heteroatoms. The Hall–Kier alpha value is -3.84. The number of nitrogens with one attached hydrogen (secondary N) is 1. The van der Waals surface area contributed by atoms with Gasteiger partial charge in [-0.25, -0.2) is 4.79 Å². The Morgan fingerprint density at radius 2 is 1.87 bits per heavy atom. The lowest BCUT2D eigenvalue weighted by atomic mass is 10.0. The number of hydrogen-bond acceptors (Lipinski definition) is 8. The summed E-state index contributed by atoms with van der Waals surface area (Å²) in [5, 5.41) is 13.4. The van der Waals surface area contributed by atoms with Gasteiger partial charge in [-0.3, -0.25) is 4.79 Å². The highest BCUT2D eigenvalue weighted by atomic mass is 32.2. The Labute approximate surface area is 230 Å². The van der Waals surface area contributed by atoms with Crippen molar-refractivity contribution in [2.24, 2.45) is 7.05 Å². The first-order chi connectivity index (χ1) is 18.7. The van der Waals surface area contributed by atoms with Gasteiger partial charge < -0.3 is 19.4 Å². The summed E-state index contributed by atoms with van der Waals surface area (Å²) in [6.45, 7) is 1.79. The van der Waals surface area contributed by atoms with Crippen LogP contribution in [0.25, 0.3) is 11.1 Å². The van der Waals surface area contributed by atoms with Crippen LogP contribution in [-0.2, 0) is 29.4 Å². The Morgan fingerprint density at radius 3 is 2.59 bits per heavy atom. The van der Waals surface area contributed by atoms with Crippen LogP contribution in [-0.4, -0.2) is 39.0 Å². The van der Waals surface area contributed by atoms with Crippen molar-refractivity contribution in [2.45, 2.75) is 24.9 Å². The van der Waals surface area contributed by atoms with Gasteiger partial charge in [0.2, 0.25) is 5.91 Å². The van der Waals surface area contributed by atoms with E-state index in [4.69, 9.17) is 9.47 Å². The fourth-order valence-electron chi connectivity index (χ4n) is 3.49. The number of hydrogen-bond donors (Lipinski definition) is 1. The quantitative estimate of drug-likeness (QED) is 0.181.